The largest absolute Gasteiger partial charge is 0.372 e. The third kappa shape index (κ3) is 7.28. The van der Waals surface area contributed by atoms with Gasteiger partial charge in [0.1, 0.15) is 5.01 Å². The van der Waals surface area contributed by atoms with Crippen LogP contribution in [-0.2, 0) is 37.5 Å². The normalized spacial score (nSPS) is 11.5. The Balaban J connectivity index is 1.52. The zero-order chi connectivity index (χ0) is 21.0. The molecule has 0 unspecified atom stereocenters. The predicted octanol–water partition coefficient (Wildman–Crippen LogP) is 4.68. The van der Waals surface area contributed by atoms with Gasteiger partial charge in [-0.1, -0.05) is 61.5 Å². The molecule has 0 atom stereocenters. The first-order valence-corrected chi connectivity index (χ1v) is 11.2. The summed E-state index contributed by atoms with van der Waals surface area (Å²) in [5.74, 6) is 0.802. The van der Waals surface area contributed by atoms with E-state index in [1.165, 1.54) is 10.4 Å². The van der Waals surface area contributed by atoms with E-state index in [2.05, 4.69) is 65.9 Å². The zero-order valence-electron chi connectivity index (χ0n) is 17.7. The third-order valence-corrected chi connectivity index (χ3v) is 5.63. The van der Waals surface area contributed by atoms with Crippen LogP contribution < -0.4 is 10.6 Å². The number of hydrogen-bond acceptors (Lipinski definition) is 4. The van der Waals surface area contributed by atoms with Crippen LogP contribution in [-0.4, -0.2) is 17.5 Å². The fourth-order valence-electron chi connectivity index (χ4n) is 2.94. The van der Waals surface area contributed by atoms with Gasteiger partial charge >= 0.3 is 0 Å². The maximum Gasteiger partial charge on any atom is 0.191 e. The molecule has 0 fully saturated rings. The van der Waals surface area contributed by atoms with E-state index in [0.29, 0.717) is 26.3 Å². The molecule has 0 saturated heterocycles. The van der Waals surface area contributed by atoms with Gasteiger partial charge in [-0.3, -0.25) is 0 Å². The van der Waals surface area contributed by atoms with Crippen molar-refractivity contribution in [3.63, 3.8) is 0 Å². The van der Waals surface area contributed by atoms with Crippen molar-refractivity contribution < 1.29 is 4.74 Å². The second-order valence-electron chi connectivity index (χ2n) is 6.92. The lowest BCUT2D eigenvalue weighted by molar-refractivity contribution is 0.107. The number of nitrogens with one attached hydrogen (secondary N) is 2. The number of ether oxygens (including phenoxy) is 1. The van der Waals surface area contributed by atoms with Crippen LogP contribution in [0.2, 0.25) is 0 Å². The Kier molecular flexibility index (Phi) is 8.87. The van der Waals surface area contributed by atoms with Crippen molar-refractivity contribution in [2.75, 3.05) is 6.54 Å². The minimum atomic E-state index is 0.592. The molecule has 0 saturated carbocycles. The van der Waals surface area contributed by atoms with E-state index in [4.69, 9.17) is 9.73 Å². The van der Waals surface area contributed by atoms with Crippen LogP contribution in [0, 0.1) is 0 Å². The number of nitrogens with zero attached hydrogens (tertiary/aromatic N) is 2. The molecule has 5 nitrogen and oxygen atoms in total. The molecule has 0 amide bonds. The number of aromatic nitrogens is 1. The molecular formula is C24H30N4OS. The lowest BCUT2D eigenvalue weighted by Crippen LogP contribution is -2.36. The Bertz CT molecular complexity index is 924. The molecule has 2 aromatic carbocycles. The summed E-state index contributed by atoms with van der Waals surface area (Å²) in [6, 6.07) is 18.7. The SMILES string of the molecule is CCNC(=NCc1cccc(COCc2ccccc2)c1)NCc1ncc(CC)s1. The van der Waals surface area contributed by atoms with Crippen molar-refractivity contribution in [3.05, 3.63) is 87.4 Å². The highest BCUT2D eigenvalue weighted by atomic mass is 32.1. The van der Waals surface area contributed by atoms with Crippen LogP contribution in [0.3, 0.4) is 0 Å². The molecule has 2 N–H and O–H groups in total. The Morgan fingerprint density at radius 1 is 0.967 bits per heavy atom. The number of thiazole rings is 1. The summed E-state index contributed by atoms with van der Waals surface area (Å²) in [7, 11) is 0. The quantitative estimate of drug-likeness (QED) is 0.368. The molecule has 30 heavy (non-hydrogen) atoms. The van der Waals surface area contributed by atoms with Gasteiger partial charge in [0.05, 0.1) is 26.3 Å². The van der Waals surface area contributed by atoms with Gasteiger partial charge in [0, 0.05) is 17.6 Å². The fourth-order valence-corrected chi connectivity index (χ4v) is 3.75. The summed E-state index contributed by atoms with van der Waals surface area (Å²) in [6.45, 7) is 7.54. The summed E-state index contributed by atoms with van der Waals surface area (Å²) >= 11 is 1.75. The third-order valence-electron chi connectivity index (χ3n) is 4.49. The Morgan fingerprint density at radius 3 is 2.50 bits per heavy atom. The lowest BCUT2D eigenvalue weighted by atomic mass is 10.1. The van der Waals surface area contributed by atoms with Crippen LogP contribution in [0.25, 0.3) is 0 Å². The highest BCUT2D eigenvalue weighted by molar-refractivity contribution is 7.11. The van der Waals surface area contributed by atoms with Crippen molar-refractivity contribution in [1.82, 2.24) is 15.6 Å². The van der Waals surface area contributed by atoms with Gasteiger partial charge < -0.3 is 15.4 Å². The number of aliphatic imine (C=N–C) groups is 1. The van der Waals surface area contributed by atoms with Crippen LogP contribution in [0.15, 0.2) is 65.8 Å². The molecule has 0 aliphatic heterocycles. The molecule has 6 heteroatoms. The van der Waals surface area contributed by atoms with E-state index >= 15 is 0 Å². The standard InChI is InChI=1S/C24H30N4OS/c1-3-22-15-26-23(30-22)16-28-24(25-4-2)27-14-20-11-8-12-21(13-20)18-29-17-19-9-6-5-7-10-19/h5-13,15H,3-4,14,16-18H2,1-2H3,(H2,25,27,28). The van der Waals surface area contributed by atoms with E-state index in [1.807, 2.05) is 24.4 Å². The summed E-state index contributed by atoms with van der Waals surface area (Å²) in [5, 5.41) is 7.75. The van der Waals surface area contributed by atoms with Gasteiger partial charge in [-0.25, -0.2) is 9.98 Å². The Hall–Kier alpha value is -2.70. The van der Waals surface area contributed by atoms with E-state index in [0.717, 1.165) is 35.1 Å². The number of aryl methyl sites for hydroxylation is 1. The summed E-state index contributed by atoms with van der Waals surface area (Å²) in [4.78, 5) is 10.5. The minimum Gasteiger partial charge on any atom is -0.372 e. The van der Waals surface area contributed by atoms with Crippen LogP contribution in [0.4, 0.5) is 0 Å². The van der Waals surface area contributed by atoms with Gasteiger partial charge in [-0.15, -0.1) is 11.3 Å². The molecule has 1 heterocycles. The van der Waals surface area contributed by atoms with Gasteiger partial charge in [0.15, 0.2) is 5.96 Å². The van der Waals surface area contributed by atoms with Crippen LogP contribution in [0.1, 0.15) is 40.4 Å². The Labute approximate surface area is 183 Å². The average molecular weight is 423 g/mol. The topological polar surface area (TPSA) is 58.5 Å². The molecule has 0 bridgehead atoms. The maximum absolute atomic E-state index is 5.86. The average Bonchev–Trinajstić information content (AvgIpc) is 3.25. The molecule has 0 aliphatic carbocycles. The number of rotatable bonds is 10. The molecule has 0 spiro atoms. The van der Waals surface area contributed by atoms with Crippen molar-refractivity contribution in [2.24, 2.45) is 4.99 Å². The van der Waals surface area contributed by atoms with Gasteiger partial charge in [-0.2, -0.15) is 0 Å². The van der Waals surface area contributed by atoms with Crippen molar-refractivity contribution in [1.29, 1.82) is 0 Å². The van der Waals surface area contributed by atoms with Crippen molar-refractivity contribution in [2.45, 2.75) is 46.6 Å². The second-order valence-corrected chi connectivity index (χ2v) is 8.12. The number of guanidine groups is 1. The summed E-state index contributed by atoms with van der Waals surface area (Å²) < 4.78 is 5.86. The smallest absolute Gasteiger partial charge is 0.191 e. The highest BCUT2D eigenvalue weighted by Gasteiger charge is 2.03. The highest BCUT2D eigenvalue weighted by Crippen LogP contribution is 2.13. The van der Waals surface area contributed by atoms with Gasteiger partial charge in [0.2, 0.25) is 0 Å². The van der Waals surface area contributed by atoms with Gasteiger partial charge in [-0.05, 0) is 30.0 Å². The first-order valence-electron chi connectivity index (χ1n) is 10.4. The van der Waals surface area contributed by atoms with E-state index in [9.17, 15) is 0 Å². The van der Waals surface area contributed by atoms with Crippen LogP contribution in [0.5, 0.6) is 0 Å². The molecule has 0 aliphatic rings. The van der Waals surface area contributed by atoms with Crippen LogP contribution >= 0.6 is 11.3 Å². The molecule has 158 valence electrons. The first-order chi connectivity index (χ1) is 14.8. The zero-order valence-corrected chi connectivity index (χ0v) is 18.5. The second kappa shape index (κ2) is 12.1. The first kappa shape index (κ1) is 22.0. The molecule has 0 radical (unpaired) electrons. The lowest BCUT2D eigenvalue weighted by Gasteiger charge is -2.10. The maximum atomic E-state index is 5.86. The summed E-state index contributed by atoms with van der Waals surface area (Å²) in [6.07, 6.45) is 2.98. The number of hydrogen-bond donors (Lipinski definition) is 2. The van der Waals surface area contributed by atoms with E-state index < -0.39 is 0 Å². The predicted molar refractivity (Wildman–Crippen MR) is 125 cm³/mol. The monoisotopic (exact) mass is 422 g/mol. The molecule has 3 rings (SSSR count). The molecule has 1 aromatic heterocycles. The fraction of sp³-hybridized carbons (Fsp3) is 0.333. The molecular weight excluding hydrogens is 392 g/mol. The van der Waals surface area contributed by atoms with Crippen molar-refractivity contribution in [3.8, 4) is 0 Å². The van der Waals surface area contributed by atoms with Gasteiger partial charge in [0.25, 0.3) is 0 Å². The molecule has 3 aromatic rings. The van der Waals surface area contributed by atoms with E-state index in [1.54, 1.807) is 11.3 Å². The summed E-state index contributed by atoms with van der Waals surface area (Å²) in [5.41, 5.74) is 3.51. The number of benzene rings is 2. The van der Waals surface area contributed by atoms with Crippen molar-refractivity contribution >= 4 is 17.3 Å². The van der Waals surface area contributed by atoms with E-state index in [-0.39, 0.29) is 0 Å². The minimum absolute atomic E-state index is 0.592. The Morgan fingerprint density at radius 2 is 1.73 bits per heavy atom.